The lowest BCUT2D eigenvalue weighted by Gasteiger charge is -2.09. The highest BCUT2D eigenvalue weighted by Gasteiger charge is 2.27. The van der Waals surface area contributed by atoms with Crippen molar-refractivity contribution in [1.82, 2.24) is 0 Å². The van der Waals surface area contributed by atoms with E-state index in [0.29, 0.717) is 32.1 Å². The third-order valence-electron chi connectivity index (χ3n) is 4.79. The molecule has 2 heterocycles. The van der Waals surface area contributed by atoms with Gasteiger partial charge in [0.1, 0.15) is 21.7 Å². The fourth-order valence-corrected chi connectivity index (χ4v) is 4.89. The van der Waals surface area contributed by atoms with E-state index in [0.717, 1.165) is 4.88 Å². The summed E-state index contributed by atoms with van der Waals surface area (Å²) in [6.07, 6.45) is 0. The lowest BCUT2D eigenvalue weighted by Crippen LogP contribution is -2.21. The first-order valence-corrected chi connectivity index (χ1v) is 10.9. The van der Waals surface area contributed by atoms with Gasteiger partial charge in [-0.1, -0.05) is 47.5 Å². The van der Waals surface area contributed by atoms with Crippen LogP contribution in [0.1, 0.15) is 25.6 Å². The van der Waals surface area contributed by atoms with Gasteiger partial charge in [0, 0.05) is 31.4 Å². The van der Waals surface area contributed by atoms with Crippen LogP contribution >= 0.6 is 34.5 Å². The molecule has 0 fully saturated rings. The molecule has 0 saturated carbocycles. The highest BCUT2D eigenvalue weighted by molar-refractivity contribution is 7.17. The van der Waals surface area contributed by atoms with Crippen molar-refractivity contribution < 1.29 is 18.7 Å². The van der Waals surface area contributed by atoms with Gasteiger partial charge in [-0.25, -0.2) is 9.59 Å². The predicted octanol–water partition coefficient (Wildman–Crippen LogP) is 6.18. The average Bonchev–Trinajstić information content (AvgIpc) is 3.07. The Kier molecular flexibility index (Phi) is 6.06. The van der Waals surface area contributed by atoms with E-state index in [2.05, 4.69) is 5.32 Å². The maximum Gasteiger partial charge on any atom is 0.349 e. The molecule has 2 aromatic heterocycles. The number of benzene rings is 2. The Morgan fingerprint density at radius 1 is 1.09 bits per heavy atom. The second-order valence-electron chi connectivity index (χ2n) is 6.79. The van der Waals surface area contributed by atoms with Crippen LogP contribution in [-0.2, 0) is 4.74 Å². The second-order valence-corrected chi connectivity index (χ2v) is 8.86. The second kappa shape index (κ2) is 8.78. The summed E-state index contributed by atoms with van der Waals surface area (Å²) in [7, 11) is 1.24. The van der Waals surface area contributed by atoms with E-state index in [1.165, 1.54) is 24.5 Å². The number of fused-ring (bicyclic) bond motifs is 1. The molecular formula is C23H15Cl2NO5S. The summed E-state index contributed by atoms with van der Waals surface area (Å²) in [5.74, 6) is -1.36. The zero-order valence-corrected chi connectivity index (χ0v) is 19.2. The summed E-state index contributed by atoms with van der Waals surface area (Å²) >= 11 is 13.5. The van der Waals surface area contributed by atoms with E-state index in [-0.39, 0.29) is 16.1 Å². The minimum absolute atomic E-state index is 0.137. The van der Waals surface area contributed by atoms with Crippen LogP contribution in [0, 0.1) is 6.92 Å². The number of hydrogen-bond donors (Lipinski definition) is 1. The largest absolute Gasteiger partial charge is 0.465 e. The highest BCUT2D eigenvalue weighted by Crippen LogP contribution is 2.43. The van der Waals surface area contributed by atoms with Gasteiger partial charge in [0.2, 0.25) is 0 Å². The van der Waals surface area contributed by atoms with Crippen LogP contribution < -0.4 is 10.9 Å². The summed E-state index contributed by atoms with van der Waals surface area (Å²) in [4.78, 5) is 38.7. The number of esters is 1. The minimum Gasteiger partial charge on any atom is -0.465 e. The first kappa shape index (κ1) is 22.1. The number of thiophene rings is 1. The van der Waals surface area contributed by atoms with Gasteiger partial charge in [-0.15, -0.1) is 11.3 Å². The molecule has 162 valence electrons. The molecule has 0 aliphatic carbocycles. The molecule has 1 N–H and O–H groups in total. The molecule has 1 amide bonds. The molecule has 0 saturated heterocycles. The van der Waals surface area contributed by atoms with Crippen molar-refractivity contribution in [1.29, 1.82) is 0 Å². The van der Waals surface area contributed by atoms with E-state index in [9.17, 15) is 14.4 Å². The van der Waals surface area contributed by atoms with Crippen LogP contribution in [0.4, 0.5) is 5.00 Å². The Hall–Kier alpha value is -3.13. The van der Waals surface area contributed by atoms with Gasteiger partial charge in [0.15, 0.2) is 0 Å². The lowest BCUT2D eigenvalue weighted by atomic mass is 10.0. The van der Waals surface area contributed by atoms with Gasteiger partial charge < -0.3 is 14.5 Å². The Labute approximate surface area is 196 Å². The van der Waals surface area contributed by atoms with Gasteiger partial charge in [-0.3, -0.25) is 4.79 Å². The summed E-state index contributed by atoms with van der Waals surface area (Å²) < 4.78 is 10.2. The van der Waals surface area contributed by atoms with Crippen molar-refractivity contribution in [3.63, 3.8) is 0 Å². The molecule has 0 aliphatic heterocycles. The maximum atomic E-state index is 13.0. The van der Waals surface area contributed by atoms with Crippen LogP contribution in [0.5, 0.6) is 0 Å². The number of nitrogens with one attached hydrogen (secondary N) is 1. The van der Waals surface area contributed by atoms with E-state index in [4.69, 9.17) is 32.4 Å². The molecule has 4 aromatic rings. The highest BCUT2D eigenvalue weighted by atomic mass is 35.5. The molecule has 32 heavy (non-hydrogen) atoms. The quantitative estimate of drug-likeness (QED) is 0.274. The number of methoxy groups -OCH3 is 1. The summed E-state index contributed by atoms with van der Waals surface area (Å²) in [6, 6.07) is 13.2. The van der Waals surface area contributed by atoms with E-state index >= 15 is 0 Å². The Bertz CT molecular complexity index is 1440. The number of halogens is 2. The van der Waals surface area contributed by atoms with Crippen molar-refractivity contribution in [2.75, 3.05) is 12.4 Å². The molecule has 6 nitrogen and oxygen atoms in total. The van der Waals surface area contributed by atoms with Crippen LogP contribution in [0.25, 0.3) is 22.1 Å². The van der Waals surface area contributed by atoms with Crippen molar-refractivity contribution in [2.24, 2.45) is 0 Å². The van der Waals surface area contributed by atoms with Gasteiger partial charge in [0.25, 0.3) is 5.91 Å². The number of ether oxygens (including phenoxy) is 1. The molecule has 9 heteroatoms. The zero-order valence-electron chi connectivity index (χ0n) is 16.8. The first-order chi connectivity index (χ1) is 15.3. The number of carbonyl (C=O) groups is 2. The number of rotatable bonds is 4. The third-order valence-corrected chi connectivity index (χ3v) is 6.36. The fourth-order valence-electron chi connectivity index (χ4n) is 3.34. The Balaban J connectivity index is 1.81. The smallest absolute Gasteiger partial charge is 0.349 e. The Morgan fingerprint density at radius 3 is 2.56 bits per heavy atom. The predicted molar refractivity (Wildman–Crippen MR) is 126 cm³/mol. The molecule has 0 aliphatic rings. The summed E-state index contributed by atoms with van der Waals surface area (Å²) in [5.41, 5.74) is 0.626. The van der Waals surface area contributed by atoms with E-state index in [1.807, 2.05) is 0 Å². The molecule has 0 radical (unpaired) electrons. The summed E-state index contributed by atoms with van der Waals surface area (Å²) in [6.45, 7) is 1.79. The standard InChI is InChI=1S/C23H15Cl2NO5S/c1-11-18(14-8-7-13(24)10-16(14)25)19(23(29)30-2)21(32-11)26-20(27)15-9-12-5-3-4-6-17(12)31-22(15)28/h3-10H,1-2H3,(H,26,27). The molecule has 0 unspecified atom stereocenters. The molecule has 0 spiro atoms. The molecule has 4 rings (SSSR count). The number of amides is 1. The van der Waals surface area contributed by atoms with Crippen LogP contribution in [0.3, 0.4) is 0 Å². The molecule has 0 atom stereocenters. The molecular weight excluding hydrogens is 473 g/mol. The van der Waals surface area contributed by atoms with Crippen molar-refractivity contribution in [3.05, 3.63) is 85.0 Å². The number of anilines is 1. The SMILES string of the molecule is COC(=O)c1c(NC(=O)c2cc3ccccc3oc2=O)sc(C)c1-c1ccc(Cl)cc1Cl. The number of para-hydroxylation sites is 1. The Morgan fingerprint density at radius 2 is 1.84 bits per heavy atom. The minimum atomic E-state index is -0.782. The number of carbonyl (C=O) groups excluding carboxylic acids is 2. The fraction of sp³-hybridized carbons (Fsp3) is 0.0870. The first-order valence-electron chi connectivity index (χ1n) is 9.31. The van der Waals surface area contributed by atoms with Gasteiger partial charge in [0.05, 0.1) is 7.11 Å². The van der Waals surface area contributed by atoms with Crippen LogP contribution in [0.2, 0.25) is 10.0 Å². The lowest BCUT2D eigenvalue weighted by molar-refractivity contribution is 0.0603. The monoisotopic (exact) mass is 487 g/mol. The number of aryl methyl sites for hydroxylation is 1. The maximum absolute atomic E-state index is 13.0. The van der Waals surface area contributed by atoms with Gasteiger partial charge >= 0.3 is 11.6 Å². The van der Waals surface area contributed by atoms with Gasteiger partial charge in [-0.05, 0) is 31.2 Å². The van der Waals surface area contributed by atoms with Crippen LogP contribution in [-0.4, -0.2) is 19.0 Å². The molecule has 0 bridgehead atoms. The normalized spacial score (nSPS) is 10.9. The topological polar surface area (TPSA) is 85.6 Å². The molecule has 2 aromatic carbocycles. The number of hydrogen-bond acceptors (Lipinski definition) is 6. The van der Waals surface area contributed by atoms with Crippen molar-refractivity contribution in [3.8, 4) is 11.1 Å². The van der Waals surface area contributed by atoms with Gasteiger partial charge in [-0.2, -0.15) is 0 Å². The van der Waals surface area contributed by atoms with Crippen molar-refractivity contribution in [2.45, 2.75) is 6.92 Å². The van der Waals surface area contributed by atoms with Crippen molar-refractivity contribution >= 4 is 62.4 Å². The average molecular weight is 488 g/mol. The zero-order chi connectivity index (χ0) is 23.0. The van der Waals surface area contributed by atoms with Crippen LogP contribution in [0.15, 0.2) is 57.7 Å². The summed E-state index contributed by atoms with van der Waals surface area (Å²) in [5, 5.41) is 4.28. The van der Waals surface area contributed by atoms with E-state index in [1.54, 1.807) is 49.4 Å². The van der Waals surface area contributed by atoms with E-state index < -0.39 is 17.5 Å². The third kappa shape index (κ3) is 4.02.